The number of primary amides is 1. The summed E-state index contributed by atoms with van der Waals surface area (Å²) in [4.78, 5) is 35.4. The second-order valence-corrected chi connectivity index (χ2v) is 4.10. The van der Waals surface area contributed by atoms with Gasteiger partial charge in [-0.25, -0.2) is 0 Å². The lowest BCUT2D eigenvalue weighted by atomic mass is 9.98. The number of nitrogens with zero attached hydrogens (tertiary/aromatic N) is 1. The standard InChI is InChI=1S/C10H16N2O3/c1-6(2)9(10(11)15)12-7(13)4-3-5-8(12)14/h6,9H,3-5H2,1-2H3,(H2,11,15)/t9-/m0/s1. The average Bonchev–Trinajstić information content (AvgIpc) is 2.09. The van der Waals surface area contributed by atoms with Crippen molar-refractivity contribution in [3.63, 3.8) is 0 Å². The maximum absolute atomic E-state index is 11.6. The minimum Gasteiger partial charge on any atom is -0.368 e. The molecule has 0 aromatic rings. The molecule has 0 radical (unpaired) electrons. The molecule has 1 saturated heterocycles. The van der Waals surface area contributed by atoms with E-state index in [1.54, 1.807) is 13.8 Å². The highest BCUT2D eigenvalue weighted by Crippen LogP contribution is 2.19. The van der Waals surface area contributed by atoms with Crippen molar-refractivity contribution >= 4 is 17.7 Å². The minimum absolute atomic E-state index is 0.145. The summed E-state index contributed by atoms with van der Waals surface area (Å²) in [5.41, 5.74) is 5.21. The second-order valence-electron chi connectivity index (χ2n) is 4.10. The van der Waals surface area contributed by atoms with Gasteiger partial charge >= 0.3 is 0 Å². The van der Waals surface area contributed by atoms with Gasteiger partial charge < -0.3 is 5.73 Å². The molecule has 5 heteroatoms. The number of hydrogen-bond acceptors (Lipinski definition) is 3. The van der Waals surface area contributed by atoms with Crippen LogP contribution in [0, 0.1) is 5.92 Å². The second kappa shape index (κ2) is 4.42. The number of carbonyl (C=O) groups is 3. The normalized spacial score (nSPS) is 19.5. The average molecular weight is 212 g/mol. The van der Waals surface area contributed by atoms with Crippen LogP contribution in [0.15, 0.2) is 0 Å². The third-order valence-corrected chi connectivity index (χ3v) is 2.52. The van der Waals surface area contributed by atoms with E-state index in [9.17, 15) is 14.4 Å². The molecule has 0 aromatic heterocycles. The first kappa shape index (κ1) is 11.7. The summed E-state index contributed by atoms with van der Waals surface area (Å²) in [6.45, 7) is 3.54. The van der Waals surface area contributed by atoms with Crippen molar-refractivity contribution in [2.45, 2.75) is 39.2 Å². The SMILES string of the molecule is CC(C)[C@@H](C(N)=O)N1C(=O)CCCC1=O. The number of likely N-dealkylation sites (tertiary alicyclic amines) is 1. The van der Waals surface area contributed by atoms with E-state index in [0.717, 1.165) is 4.90 Å². The Bertz CT molecular complexity index is 283. The molecule has 84 valence electrons. The first-order valence-electron chi connectivity index (χ1n) is 5.09. The molecule has 0 bridgehead atoms. The van der Waals surface area contributed by atoms with Crippen molar-refractivity contribution in [1.29, 1.82) is 0 Å². The fourth-order valence-electron chi connectivity index (χ4n) is 1.84. The molecule has 1 rings (SSSR count). The van der Waals surface area contributed by atoms with Crippen LogP contribution < -0.4 is 5.73 Å². The molecular formula is C10H16N2O3. The van der Waals surface area contributed by atoms with Crippen molar-refractivity contribution in [3.8, 4) is 0 Å². The third-order valence-electron chi connectivity index (χ3n) is 2.52. The van der Waals surface area contributed by atoms with Crippen LogP contribution in [-0.2, 0) is 14.4 Å². The first-order valence-corrected chi connectivity index (χ1v) is 5.09. The fraction of sp³-hybridized carbons (Fsp3) is 0.700. The van der Waals surface area contributed by atoms with Crippen LogP contribution >= 0.6 is 0 Å². The van der Waals surface area contributed by atoms with E-state index < -0.39 is 11.9 Å². The smallest absolute Gasteiger partial charge is 0.240 e. The summed E-state index contributed by atoms with van der Waals surface area (Å²) >= 11 is 0. The zero-order chi connectivity index (χ0) is 11.6. The molecule has 0 aromatic carbocycles. The number of rotatable bonds is 3. The van der Waals surface area contributed by atoms with Crippen molar-refractivity contribution in [2.75, 3.05) is 0 Å². The number of imide groups is 1. The molecule has 1 fully saturated rings. The van der Waals surface area contributed by atoms with E-state index in [1.807, 2.05) is 0 Å². The molecule has 5 nitrogen and oxygen atoms in total. The predicted octanol–water partition coefficient (Wildman–Crippen LogP) is 0.0354. The van der Waals surface area contributed by atoms with Crippen molar-refractivity contribution < 1.29 is 14.4 Å². The number of piperidine rings is 1. The Morgan fingerprint density at radius 2 is 1.73 bits per heavy atom. The Balaban J connectivity index is 2.94. The lowest BCUT2D eigenvalue weighted by molar-refractivity contribution is -0.155. The summed E-state index contributed by atoms with van der Waals surface area (Å²) < 4.78 is 0. The Morgan fingerprint density at radius 3 is 2.07 bits per heavy atom. The monoisotopic (exact) mass is 212 g/mol. The van der Waals surface area contributed by atoms with Crippen molar-refractivity contribution in [2.24, 2.45) is 11.7 Å². The first-order chi connectivity index (χ1) is 6.95. The van der Waals surface area contributed by atoms with Gasteiger partial charge in [0.25, 0.3) is 0 Å². The van der Waals surface area contributed by atoms with Gasteiger partial charge in [0, 0.05) is 12.8 Å². The van der Waals surface area contributed by atoms with E-state index >= 15 is 0 Å². The van der Waals surface area contributed by atoms with Crippen LogP contribution in [0.2, 0.25) is 0 Å². The van der Waals surface area contributed by atoms with Crippen LogP contribution in [0.25, 0.3) is 0 Å². The quantitative estimate of drug-likeness (QED) is 0.670. The van der Waals surface area contributed by atoms with Gasteiger partial charge in [-0.05, 0) is 12.3 Å². The maximum Gasteiger partial charge on any atom is 0.240 e. The fourth-order valence-corrected chi connectivity index (χ4v) is 1.84. The molecule has 1 heterocycles. The maximum atomic E-state index is 11.6. The van der Waals surface area contributed by atoms with Gasteiger partial charge in [0.15, 0.2) is 0 Å². The molecule has 2 N–H and O–H groups in total. The largest absolute Gasteiger partial charge is 0.368 e. The molecule has 1 atom stereocenters. The van der Waals surface area contributed by atoms with E-state index in [2.05, 4.69) is 0 Å². The summed E-state index contributed by atoms with van der Waals surface area (Å²) in [5, 5.41) is 0. The molecule has 0 unspecified atom stereocenters. The highest BCUT2D eigenvalue weighted by atomic mass is 16.2. The van der Waals surface area contributed by atoms with Crippen LogP contribution in [0.3, 0.4) is 0 Å². The molecule has 1 aliphatic rings. The van der Waals surface area contributed by atoms with E-state index in [0.29, 0.717) is 19.3 Å². The summed E-state index contributed by atoms with van der Waals surface area (Å²) in [5.74, 6) is -1.34. The van der Waals surface area contributed by atoms with Crippen molar-refractivity contribution in [1.82, 2.24) is 4.90 Å². The molecule has 0 spiro atoms. The molecule has 0 saturated carbocycles. The molecule has 15 heavy (non-hydrogen) atoms. The number of amides is 3. The van der Waals surface area contributed by atoms with Crippen LogP contribution in [0.1, 0.15) is 33.1 Å². The topological polar surface area (TPSA) is 80.5 Å². The zero-order valence-electron chi connectivity index (χ0n) is 9.03. The molecule has 3 amide bonds. The Kier molecular flexibility index (Phi) is 3.44. The summed E-state index contributed by atoms with van der Waals surface area (Å²) in [6.07, 6.45) is 1.21. The highest BCUT2D eigenvalue weighted by Gasteiger charge is 2.37. The minimum atomic E-state index is -0.801. The van der Waals surface area contributed by atoms with Crippen LogP contribution in [0.4, 0.5) is 0 Å². The van der Waals surface area contributed by atoms with Gasteiger partial charge in [0.05, 0.1) is 0 Å². The zero-order valence-corrected chi connectivity index (χ0v) is 9.03. The Morgan fingerprint density at radius 1 is 1.27 bits per heavy atom. The lowest BCUT2D eigenvalue weighted by Crippen LogP contribution is -2.54. The molecular weight excluding hydrogens is 196 g/mol. The number of nitrogens with two attached hydrogens (primary N) is 1. The van der Waals surface area contributed by atoms with Crippen molar-refractivity contribution in [3.05, 3.63) is 0 Å². The molecule has 0 aliphatic carbocycles. The van der Waals surface area contributed by atoms with Crippen LogP contribution in [0.5, 0.6) is 0 Å². The van der Waals surface area contributed by atoms with Gasteiger partial charge in [-0.1, -0.05) is 13.8 Å². The predicted molar refractivity (Wildman–Crippen MR) is 53.5 cm³/mol. The summed E-state index contributed by atoms with van der Waals surface area (Å²) in [7, 11) is 0. The van der Waals surface area contributed by atoms with E-state index in [1.165, 1.54) is 0 Å². The highest BCUT2D eigenvalue weighted by molar-refractivity contribution is 6.01. The lowest BCUT2D eigenvalue weighted by Gasteiger charge is -2.33. The van der Waals surface area contributed by atoms with Gasteiger partial charge in [-0.15, -0.1) is 0 Å². The Labute approximate surface area is 88.6 Å². The van der Waals surface area contributed by atoms with E-state index in [4.69, 9.17) is 5.73 Å². The summed E-state index contributed by atoms with van der Waals surface area (Å²) in [6, 6.07) is -0.801. The van der Waals surface area contributed by atoms with Gasteiger partial charge in [-0.2, -0.15) is 0 Å². The van der Waals surface area contributed by atoms with Gasteiger partial charge in [-0.3, -0.25) is 19.3 Å². The number of carbonyl (C=O) groups excluding carboxylic acids is 3. The van der Waals surface area contributed by atoms with Crippen LogP contribution in [-0.4, -0.2) is 28.7 Å². The third kappa shape index (κ3) is 2.34. The van der Waals surface area contributed by atoms with E-state index in [-0.39, 0.29) is 17.7 Å². The van der Waals surface area contributed by atoms with Gasteiger partial charge in [0.2, 0.25) is 17.7 Å². The molecule has 1 aliphatic heterocycles. The number of hydrogen-bond donors (Lipinski definition) is 1. The van der Waals surface area contributed by atoms with Gasteiger partial charge in [0.1, 0.15) is 6.04 Å². The Hall–Kier alpha value is -1.39.